The first kappa shape index (κ1) is 14.0. The monoisotopic (exact) mass is 258 g/mol. The van der Waals surface area contributed by atoms with E-state index in [9.17, 15) is 8.42 Å². The van der Waals surface area contributed by atoms with Crippen molar-refractivity contribution < 1.29 is 13.2 Å². The van der Waals surface area contributed by atoms with Crippen LogP contribution in [0.25, 0.3) is 0 Å². The van der Waals surface area contributed by atoms with Crippen molar-refractivity contribution >= 4 is 10.0 Å². The number of nitrogens with one attached hydrogen (secondary N) is 2. The van der Waals surface area contributed by atoms with Crippen LogP contribution in [0.15, 0.2) is 30.3 Å². The van der Waals surface area contributed by atoms with Gasteiger partial charge in [0, 0.05) is 19.6 Å². The average Bonchev–Trinajstić information content (AvgIpc) is 2.28. The van der Waals surface area contributed by atoms with Crippen molar-refractivity contribution in [2.24, 2.45) is 0 Å². The van der Waals surface area contributed by atoms with Gasteiger partial charge in [-0.05, 0) is 12.1 Å². The Labute approximate surface area is 102 Å². The van der Waals surface area contributed by atoms with E-state index in [0.29, 0.717) is 26.2 Å². The van der Waals surface area contributed by atoms with Crippen molar-refractivity contribution in [3.05, 3.63) is 30.3 Å². The van der Waals surface area contributed by atoms with Crippen LogP contribution in [0.2, 0.25) is 0 Å². The number of rotatable bonds is 8. The molecule has 0 heterocycles. The summed E-state index contributed by atoms with van der Waals surface area (Å²) >= 11 is 0. The van der Waals surface area contributed by atoms with E-state index in [2.05, 4.69) is 10.0 Å². The molecule has 96 valence electrons. The Bertz CT molecular complexity index is 406. The highest BCUT2D eigenvalue weighted by Gasteiger charge is 1.98. The van der Waals surface area contributed by atoms with Gasteiger partial charge in [-0.1, -0.05) is 18.2 Å². The predicted molar refractivity (Wildman–Crippen MR) is 67.7 cm³/mol. The maximum atomic E-state index is 10.7. The first-order chi connectivity index (χ1) is 8.08. The van der Waals surface area contributed by atoms with Crippen LogP contribution < -0.4 is 14.8 Å². The molecule has 1 aromatic carbocycles. The summed E-state index contributed by atoms with van der Waals surface area (Å²) in [5.41, 5.74) is 0. The number of sulfonamides is 1. The molecule has 0 fully saturated rings. The van der Waals surface area contributed by atoms with E-state index in [4.69, 9.17) is 4.74 Å². The molecule has 0 aliphatic carbocycles. The predicted octanol–water partition coefficient (Wildman–Crippen LogP) is 0.204. The van der Waals surface area contributed by atoms with Gasteiger partial charge in [-0.15, -0.1) is 0 Å². The lowest BCUT2D eigenvalue weighted by Crippen LogP contribution is -2.32. The molecule has 1 rings (SSSR count). The van der Waals surface area contributed by atoms with E-state index in [1.54, 1.807) is 0 Å². The highest BCUT2D eigenvalue weighted by atomic mass is 32.2. The molecule has 6 heteroatoms. The fourth-order valence-electron chi connectivity index (χ4n) is 1.21. The van der Waals surface area contributed by atoms with E-state index in [-0.39, 0.29) is 0 Å². The lowest BCUT2D eigenvalue weighted by molar-refractivity contribution is 0.314. The molecular weight excluding hydrogens is 240 g/mol. The van der Waals surface area contributed by atoms with Gasteiger partial charge in [0.25, 0.3) is 0 Å². The second kappa shape index (κ2) is 7.26. The maximum absolute atomic E-state index is 10.7. The number of para-hydroxylation sites is 1. The van der Waals surface area contributed by atoms with E-state index >= 15 is 0 Å². The molecule has 0 saturated heterocycles. The normalized spacial score (nSPS) is 11.4. The summed E-state index contributed by atoms with van der Waals surface area (Å²) in [6.45, 7) is 2.22. The summed E-state index contributed by atoms with van der Waals surface area (Å²) in [4.78, 5) is 0. The van der Waals surface area contributed by atoms with Crippen LogP contribution in [0.1, 0.15) is 0 Å². The summed E-state index contributed by atoms with van der Waals surface area (Å²) in [6, 6.07) is 9.55. The van der Waals surface area contributed by atoms with Crippen molar-refractivity contribution in [2.45, 2.75) is 0 Å². The summed E-state index contributed by atoms with van der Waals surface area (Å²) < 4.78 is 29.3. The van der Waals surface area contributed by atoms with E-state index < -0.39 is 10.0 Å². The van der Waals surface area contributed by atoms with Crippen molar-refractivity contribution in [2.75, 3.05) is 32.5 Å². The van der Waals surface area contributed by atoms with E-state index in [1.807, 2.05) is 30.3 Å². The maximum Gasteiger partial charge on any atom is 0.208 e. The first-order valence-electron chi connectivity index (χ1n) is 5.41. The molecule has 0 aliphatic heterocycles. The lowest BCUT2D eigenvalue weighted by atomic mass is 10.3. The van der Waals surface area contributed by atoms with Gasteiger partial charge in [0.1, 0.15) is 12.4 Å². The minimum atomic E-state index is -3.08. The molecule has 0 aliphatic rings. The van der Waals surface area contributed by atoms with E-state index in [0.717, 1.165) is 12.0 Å². The molecule has 0 atom stereocenters. The number of benzene rings is 1. The smallest absolute Gasteiger partial charge is 0.208 e. The molecule has 0 saturated carbocycles. The minimum Gasteiger partial charge on any atom is -0.492 e. The highest BCUT2D eigenvalue weighted by Crippen LogP contribution is 2.07. The fraction of sp³-hybridized carbons (Fsp3) is 0.455. The van der Waals surface area contributed by atoms with Crippen LogP contribution >= 0.6 is 0 Å². The summed E-state index contributed by atoms with van der Waals surface area (Å²) in [5.74, 6) is 0.837. The number of hydrogen-bond acceptors (Lipinski definition) is 4. The highest BCUT2D eigenvalue weighted by molar-refractivity contribution is 7.88. The van der Waals surface area contributed by atoms with Gasteiger partial charge in [-0.2, -0.15) is 0 Å². The lowest BCUT2D eigenvalue weighted by Gasteiger charge is -2.07. The molecule has 0 amide bonds. The van der Waals surface area contributed by atoms with Crippen molar-refractivity contribution in [3.63, 3.8) is 0 Å². The van der Waals surface area contributed by atoms with Gasteiger partial charge in [-0.25, -0.2) is 13.1 Å². The first-order valence-corrected chi connectivity index (χ1v) is 7.30. The minimum absolute atomic E-state index is 0.393. The van der Waals surface area contributed by atoms with Crippen molar-refractivity contribution in [3.8, 4) is 5.75 Å². The second-order valence-electron chi connectivity index (χ2n) is 3.58. The molecule has 0 unspecified atom stereocenters. The van der Waals surface area contributed by atoms with Crippen LogP contribution in [0.3, 0.4) is 0 Å². The van der Waals surface area contributed by atoms with E-state index in [1.165, 1.54) is 0 Å². The Morgan fingerprint density at radius 1 is 1.12 bits per heavy atom. The van der Waals surface area contributed by atoms with Crippen molar-refractivity contribution in [1.82, 2.24) is 10.0 Å². The third kappa shape index (κ3) is 7.73. The molecule has 0 bridgehead atoms. The number of ether oxygens (including phenoxy) is 1. The molecule has 17 heavy (non-hydrogen) atoms. The molecule has 0 spiro atoms. The van der Waals surface area contributed by atoms with Gasteiger partial charge in [0.05, 0.1) is 6.26 Å². The third-order valence-corrected chi connectivity index (χ3v) is 2.69. The molecule has 0 radical (unpaired) electrons. The molecular formula is C11H18N2O3S. The second-order valence-corrected chi connectivity index (χ2v) is 5.41. The summed E-state index contributed by atoms with van der Waals surface area (Å²) in [5, 5.41) is 3.08. The molecule has 5 nitrogen and oxygen atoms in total. The molecule has 2 N–H and O–H groups in total. The largest absolute Gasteiger partial charge is 0.492 e. The van der Waals surface area contributed by atoms with Crippen molar-refractivity contribution in [1.29, 1.82) is 0 Å². The van der Waals surface area contributed by atoms with Crippen LogP contribution in [-0.2, 0) is 10.0 Å². The van der Waals surface area contributed by atoms with Crippen LogP contribution in [0.4, 0.5) is 0 Å². The topological polar surface area (TPSA) is 67.4 Å². The Morgan fingerprint density at radius 3 is 2.47 bits per heavy atom. The Kier molecular flexibility index (Phi) is 5.96. The van der Waals surface area contributed by atoms with Crippen LogP contribution in [-0.4, -0.2) is 40.9 Å². The quantitative estimate of drug-likeness (QED) is 0.654. The zero-order chi connectivity index (χ0) is 12.6. The Morgan fingerprint density at radius 2 is 1.82 bits per heavy atom. The number of hydrogen-bond donors (Lipinski definition) is 2. The average molecular weight is 258 g/mol. The molecule has 0 aromatic heterocycles. The standard InChI is InChI=1S/C11H18N2O3S/c1-17(14,15)13-8-7-12-9-10-16-11-5-3-2-4-6-11/h2-6,12-13H,7-10H2,1H3. The fourth-order valence-corrected chi connectivity index (χ4v) is 1.68. The zero-order valence-corrected chi connectivity index (χ0v) is 10.7. The van der Waals surface area contributed by atoms with Gasteiger partial charge in [0.15, 0.2) is 0 Å². The Hall–Kier alpha value is -1.11. The summed E-state index contributed by atoms with van der Waals surface area (Å²) in [6.07, 6.45) is 1.14. The zero-order valence-electron chi connectivity index (χ0n) is 9.85. The summed E-state index contributed by atoms with van der Waals surface area (Å²) in [7, 11) is -3.08. The van der Waals surface area contributed by atoms with Gasteiger partial charge >= 0.3 is 0 Å². The Balaban J connectivity index is 1.99. The van der Waals surface area contributed by atoms with Gasteiger partial charge in [0.2, 0.25) is 10.0 Å². The van der Waals surface area contributed by atoms with Crippen LogP contribution in [0, 0.1) is 0 Å². The van der Waals surface area contributed by atoms with Gasteiger partial charge < -0.3 is 10.1 Å². The van der Waals surface area contributed by atoms with Crippen LogP contribution in [0.5, 0.6) is 5.75 Å². The SMILES string of the molecule is CS(=O)(=O)NCCNCCOc1ccccc1. The third-order valence-electron chi connectivity index (χ3n) is 1.96. The molecule has 1 aromatic rings. The van der Waals surface area contributed by atoms with Gasteiger partial charge in [-0.3, -0.25) is 0 Å².